The number of aryl methyl sites for hydroxylation is 1. The van der Waals surface area contributed by atoms with E-state index in [-0.39, 0.29) is 11.5 Å². The maximum absolute atomic E-state index is 12.8. The fourth-order valence-electron chi connectivity index (χ4n) is 3.97. The summed E-state index contributed by atoms with van der Waals surface area (Å²) >= 11 is 0. The third-order valence-electron chi connectivity index (χ3n) is 5.69. The van der Waals surface area contributed by atoms with Gasteiger partial charge in [0.2, 0.25) is 11.9 Å². The lowest BCUT2D eigenvalue weighted by molar-refractivity contribution is 0.122. The maximum atomic E-state index is 12.8. The number of H-pyrrole nitrogens is 1. The van der Waals surface area contributed by atoms with Crippen molar-refractivity contribution in [3.63, 3.8) is 0 Å². The number of anilines is 3. The first-order valence-corrected chi connectivity index (χ1v) is 10.6. The first-order valence-electron chi connectivity index (χ1n) is 10.6. The topological polar surface area (TPSA) is 114 Å². The van der Waals surface area contributed by atoms with Crippen LogP contribution in [-0.2, 0) is 4.74 Å². The van der Waals surface area contributed by atoms with Gasteiger partial charge >= 0.3 is 0 Å². The average molecular weight is 448 g/mol. The Bertz CT molecular complexity index is 1400. The first kappa shape index (κ1) is 21.0. The lowest BCUT2D eigenvalue weighted by atomic mass is 10.1. The first-order chi connectivity index (χ1) is 16.1. The number of fused-ring (bicyclic) bond motifs is 2. The lowest BCUT2D eigenvalue weighted by Crippen LogP contribution is -2.36. The molecule has 10 nitrogen and oxygen atoms in total. The summed E-state index contributed by atoms with van der Waals surface area (Å²) in [5.74, 6) is 1.77. The molecule has 5 rings (SSSR count). The van der Waals surface area contributed by atoms with Crippen LogP contribution in [0.5, 0.6) is 11.5 Å². The normalized spacial score (nSPS) is 14.0. The van der Waals surface area contributed by atoms with Gasteiger partial charge in [0.1, 0.15) is 0 Å². The van der Waals surface area contributed by atoms with Crippen molar-refractivity contribution in [2.45, 2.75) is 6.92 Å². The number of benzene rings is 2. The second kappa shape index (κ2) is 8.55. The van der Waals surface area contributed by atoms with Crippen LogP contribution < -0.4 is 25.2 Å². The minimum atomic E-state index is -0.235. The fourth-order valence-corrected chi connectivity index (χ4v) is 3.97. The molecule has 0 spiro atoms. The molecule has 33 heavy (non-hydrogen) atoms. The summed E-state index contributed by atoms with van der Waals surface area (Å²) in [6.07, 6.45) is 0. The molecule has 3 heterocycles. The average Bonchev–Trinajstić information content (AvgIpc) is 2.83. The largest absolute Gasteiger partial charge is 0.493 e. The van der Waals surface area contributed by atoms with Crippen LogP contribution in [0.2, 0.25) is 0 Å². The molecule has 2 aromatic heterocycles. The highest BCUT2D eigenvalue weighted by atomic mass is 16.5. The van der Waals surface area contributed by atoms with Crippen LogP contribution >= 0.6 is 0 Å². The number of rotatable bonds is 5. The van der Waals surface area contributed by atoms with Crippen LogP contribution in [0.15, 0.2) is 35.1 Å². The minimum Gasteiger partial charge on any atom is -0.493 e. The van der Waals surface area contributed by atoms with Gasteiger partial charge in [-0.1, -0.05) is 0 Å². The van der Waals surface area contributed by atoms with Crippen molar-refractivity contribution in [2.24, 2.45) is 0 Å². The highest BCUT2D eigenvalue weighted by Crippen LogP contribution is 2.33. The van der Waals surface area contributed by atoms with Gasteiger partial charge in [-0.3, -0.25) is 15.1 Å². The molecule has 2 N–H and O–H groups in total. The number of morpholine rings is 1. The van der Waals surface area contributed by atoms with Crippen LogP contribution in [0.1, 0.15) is 5.69 Å². The minimum absolute atomic E-state index is 0.235. The van der Waals surface area contributed by atoms with Crippen LogP contribution in [-0.4, -0.2) is 60.5 Å². The number of hydrogen-bond donors (Lipinski definition) is 2. The van der Waals surface area contributed by atoms with E-state index in [0.29, 0.717) is 47.1 Å². The second-order valence-electron chi connectivity index (χ2n) is 7.70. The van der Waals surface area contributed by atoms with Gasteiger partial charge in [-0.25, -0.2) is 15.0 Å². The van der Waals surface area contributed by atoms with E-state index >= 15 is 0 Å². The second-order valence-corrected chi connectivity index (χ2v) is 7.70. The molecule has 0 radical (unpaired) electrons. The molecule has 0 aliphatic carbocycles. The van der Waals surface area contributed by atoms with Gasteiger partial charge in [0.25, 0.3) is 5.56 Å². The third kappa shape index (κ3) is 4.00. The zero-order chi connectivity index (χ0) is 22.9. The summed E-state index contributed by atoms with van der Waals surface area (Å²) in [6.45, 7) is 4.83. The van der Waals surface area contributed by atoms with E-state index in [2.05, 4.69) is 30.2 Å². The van der Waals surface area contributed by atoms with Crippen molar-refractivity contribution in [3.05, 3.63) is 46.4 Å². The van der Waals surface area contributed by atoms with Crippen LogP contribution in [0, 0.1) is 6.92 Å². The molecule has 0 unspecified atom stereocenters. The van der Waals surface area contributed by atoms with Crippen LogP contribution in [0.4, 0.5) is 17.6 Å². The van der Waals surface area contributed by atoms with Gasteiger partial charge in [0.15, 0.2) is 11.5 Å². The van der Waals surface area contributed by atoms with Gasteiger partial charge in [-0.05, 0) is 31.2 Å². The molecule has 0 bridgehead atoms. The fraction of sp³-hybridized carbons (Fsp3) is 0.304. The summed E-state index contributed by atoms with van der Waals surface area (Å²) in [4.78, 5) is 31.4. The molecule has 4 aromatic rings. The number of ether oxygens (including phenoxy) is 3. The van der Waals surface area contributed by atoms with E-state index in [0.717, 1.165) is 29.9 Å². The molecule has 1 fully saturated rings. The number of nitrogens with one attached hydrogen (secondary N) is 2. The predicted octanol–water partition coefficient (Wildman–Crippen LogP) is 2.77. The molecule has 10 heteroatoms. The molecule has 1 saturated heterocycles. The molecule has 1 aliphatic heterocycles. The summed E-state index contributed by atoms with van der Waals surface area (Å²) in [7, 11) is 3.16. The van der Waals surface area contributed by atoms with Gasteiger partial charge in [-0.15, -0.1) is 0 Å². The van der Waals surface area contributed by atoms with Crippen LogP contribution in [0.25, 0.3) is 21.8 Å². The molecule has 170 valence electrons. The van der Waals surface area contributed by atoms with Crippen molar-refractivity contribution < 1.29 is 14.2 Å². The summed E-state index contributed by atoms with van der Waals surface area (Å²) in [5, 5.41) is 4.39. The van der Waals surface area contributed by atoms with Crippen molar-refractivity contribution in [1.29, 1.82) is 0 Å². The van der Waals surface area contributed by atoms with E-state index in [1.54, 1.807) is 20.3 Å². The van der Waals surface area contributed by atoms with Gasteiger partial charge in [0.05, 0.1) is 49.5 Å². The van der Waals surface area contributed by atoms with Gasteiger partial charge < -0.3 is 19.1 Å². The number of methoxy groups -OCH3 is 2. The Morgan fingerprint density at radius 3 is 2.48 bits per heavy atom. The highest BCUT2D eigenvalue weighted by molar-refractivity contribution is 5.86. The number of nitrogens with zero attached hydrogens (tertiary/aromatic N) is 4. The zero-order valence-corrected chi connectivity index (χ0v) is 18.6. The number of hydrogen-bond acceptors (Lipinski definition) is 9. The Morgan fingerprint density at radius 1 is 0.970 bits per heavy atom. The van der Waals surface area contributed by atoms with Gasteiger partial charge in [-0.2, -0.15) is 0 Å². The standard InChI is InChI=1S/C23H24N6O4/c1-13-15-11-19(31-2)20(32-3)12-18(15)26-22(24-13)28-23-25-17-5-4-14(10-16(17)21(30)27-23)29-6-8-33-9-7-29/h4-5,10-12H,6-9H2,1-3H3,(H2,24,25,26,27,28,30). The number of aromatic nitrogens is 4. The van der Waals surface area contributed by atoms with E-state index in [4.69, 9.17) is 14.2 Å². The maximum Gasteiger partial charge on any atom is 0.260 e. The quantitative estimate of drug-likeness (QED) is 0.476. The SMILES string of the molecule is COc1cc2nc(Nc3nc4ccc(N5CCOCC5)cc4c(=O)[nH]3)nc(C)c2cc1OC. The van der Waals surface area contributed by atoms with Crippen molar-refractivity contribution in [2.75, 3.05) is 50.7 Å². The van der Waals surface area contributed by atoms with Gasteiger partial charge in [0, 0.05) is 30.2 Å². The molecule has 2 aromatic carbocycles. The Hall–Kier alpha value is -3.92. The summed E-state index contributed by atoms with van der Waals surface area (Å²) in [5.41, 5.74) is 2.77. The van der Waals surface area contributed by atoms with Crippen molar-refractivity contribution >= 4 is 39.4 Å². The monoisotopic (exact) mass is 448 g/mol. The zero-order valence-electron chi connectivity index (χ0n) is 18.6. The molecular formula is C23H24N6O4. The third-order valence-corrected chi connectivity index (χ3v) is 5.69. The molecule has 0 saturated carbocycles. The summed E-state index contributed by atoms with van der Waals surface area (Å²) < 4.78 is 16.2. The van der Waals surface area contributed by atoms with E-state index in [9.17, 15) is 4.79 Å². The van der Waals surface area contributed by atoms with E-state index in [1.807, 2.05) is 31.2 Å². The molecular weight excluding hydrogens is 424 g/mol. The summed E-state index contributed by atoms with van der Waals surface area (Å²) in [6, 6.07) is 9.32. The Labute approximate surface area is 189 Å². The Kier molecular flexibility index (Phi) is 5.43. The Morgan fingerprint density at radius 2 is 1.73 bits per heavy atom. The predicted molar refractivity (Wildman–Crippen MR) is 126 cm³/mol. The number of aromatic amines is 1. The smallest absolute Gasteiger partial charge is 0.260 e. The molecule has 0 amide bonds. The van der Waals surface area contributed by atoms with Crippen LogP contribution in [0.3, 0.4) is 0 Å². The van der Waals surface area contributed by atoms with E-state index < -0.39 is 0 Å². The molecule has 1 aliphatic rings. The van der Waals surface area contributed by atoms with Crippen molar-refractivity contribution in [3.8, 4) is 11.5 Å². The highest BCUT2D eigenvalue weighted by Gasteiger charge is 2.15. The lowest BCUT2D eigenvalue weighted by Gasteiger charge is -2.28. The van der Waals surface area contributed by atoms with Crippen molar-refractivity contribution in [1.82, 2.24) is 19.9 Å². The Balaban J connectivity index is 1.48. The molecule has 0 atom stereocenters. The van der Waals surface area contributed by atoms with E-state index in [1.165, 1.54) is 0 Å².